The minimum absolute atomic E-state index is 0.152. The minimum atomic E-state index is -0.991. The first-order valence-electron chi connectivity index (χ1n) is 6.31. The van der Waals surface area contributed by atoms with Crippen molar-refractivity contribution in [3.8, 4) is 0 Å². The summed E-state index contributed by atoms with van der Waals surface area (Å²) >= 11 is 0. The zero-order valence-corrected chi connectivity index (χ0v) is 11.3. The van der Waals surface area contributed by atoms with E-state index in [1.807, 2.05) is 6.92 Å². The topological polar surface area (TPSA) is 96.5 Å². The van der Waals surface area contributed by atoms with Crippen LogP contribution in [0.4, 0.5) is 0 Å². The smallest absolute Gasteiger partial charge is 0.323 e. The molecule has 1 rings (SSSR count). The molecule has 0 aliphatic heterocycles. The normalized spacial score (nSPS) is 10.4. The van der Waals surface area contributed by atoms with Gasteiger partial charge in [0.15, 0.2) is 5.82 Å². The van der Waals surface area contributed by atoms with Crippen molar-refractivity contribution in [3.05, 3.63) is 11.7 Å². The highest BCUT2D eigenvalue weighted by Crippen LogP contribution is 2.05. The quantitative estimate of drug-likeness (QED) is 0.757. The van der Waals surface area contributed by atoms with Crippen molar-refractivity contribution >= 4 is 11.9 Å². The number of carbonyl (C=O) groups is 2. The Balaban J connectivity index is 2.37. The van der Waals surface area contributed by atoms with Gasteiger partial charge in [-0.25, -0.2) is 0 Å². The molecule has 0 radical (unpaired) electrons. The average molecular weight is 269 g/mol. The Hall–Kier alpha value is -1.92. The van der Waals surface area contributed by atoms with Crippen molar-refractivity contribution in [2.45, 2.75) is 39.5 Å². The van der Waals surface area contributed by atoms with Gasteiger partial charge in [0.2, 0.25) is 11.8 Å². The van der Waals surface area contributed by atoms with Crippen LogP contribution in [0.25, 0.3) is 0 Å². The summed E-state index contributed by atoms with van der Waals surface area (Å²) in [6.45, 7) is 3.86. The molecule has 1 aromatic rings. The van der Waals surface area contributed by atoms with Crippen LogP contribution in [0.15, 0.2) is 4.52 Å². The molecule has 0 spiro atoms. The largest absolute Gasteiger partial charge is 0.480 e. The molecule has 0 aliphatic rings. The summed E-state index contributed by atoms with van der Waals surface area (Å²) in [5, 5.41) is 12.4. The molecule has 0 aromatic carbocycles. The van der Waals surface area contributed by atoms with Crippen molar-refractivity contribution in [1.82, 2.24) is 15.0 Å². The second-order valence-corrected chi connectivity index (χ2v) is 4.30. The molecule has 1 N–H and O–H groups in total. The molecule has 0 atom stereocenters. The van der Waals surface area contributed by atoms with Gasteiger partial charge in [-0.15, -0.1) is 0 Å². The Bertz CT molecular complexity index is 430. The van der Waals surface area contributed by atoms with E-state index in [1.165, 1.54) is 4.90 Å². The molecular weight excluding hydrogens is 250 g/mol. The number of carbonyl (C=O) groups excluding carboxylic acids is 1. The number of amides is 1. The van der Waals surface area contributed by atoms with Crippen LogP contribution < -0.4 is 0 Å². The van der Waals surface area contributed by atoms with E-state index in [1.54, 1.807) is 6.92 Å². The van der Waals surface area contributed by atoms with Crippen LogP contribution in [0.3, 0.4) is 0 Å². The van der Waals surface area contributed by atoms with Crippen LogP contribution in [0.2, 0.25) is 0 Å². The van der Waals surface area contributed by atoms with Crippen LogP contribution in [0.1, 0.15) is 37.9 Å². The monoisotopic (exact) mass is 269 g/mol. The Morgan fingerprint density at radius 3 is 2.68 bits per heavy atom. The lowest BCUT2D eigenvalue weighted by molar-refractivity contribution is -0.144. The number of aromatic nitrogens is 2. The van der Waals surface area contributed by atoms with E-state index in [4.69, 9.17) is 9.63 Å². The molecule has 19 heavy (non-hydrogen) atoms. The van der Waals surface area contributed by atoms with Gasteiger partial charge >= 0.3 is 5.97 Å². The molecule has 0 bridgehead atoms. The summed E-state index contributed by atoms with van der Waals surface area (Å²) in [6, 6.07) is 0. The Labute approximate surface area is 111 Å². The van der Waals surface area contributed by atoms with Gasteiger partial charge in [0.25, 0.3) is 0 Å². The van der Waals surface area contributed by atoms with Crippen LogP contribution in [0, 0.1) is 6.92 Å². The second kappa shape index (κ2) is 7.50. The highest BCUT2D eigenvalue weighted by molar-refractivity contribution is 5.81. The molecule has 1 heterocycles. The number of rotatable bonds is 8. The third kappa shape index (κ3) is 5.50. The van der Waals surface area contributed by atoms with Crippen molar-refractivity contribution in [1.29, 1.82) is 0 Å². The van der Waals surface area contributed by atoms with Gasteiger partial charge in [-0.3, -0.25) is 9.59 Å². The highest BCUT2D eigenvalue weighted by Gasteiger charge is 2.15. The average Bonchev–Trinajstić information content (AvgIpc) is 2.74. The minimum Gasteiger partial charge on any atom is -0.480 e. The molecule has 0 fully saturated rings. The van der Waals surface area contributed by atoms with Gasteiger partial charge in [0.1, 0.15) is 6.54 Å². The van der Waals surface area contributed by atoms with Crippen molar-refractivity contribution in [2.24, 2.45) is 0 Å². The molecule has 106 valence electrons. The van der Waals surface area contributed by atoms with E-state index in [0.29, 0.717) is 31.1 Å². The van der Waals surface area contributed by atoms with E-state index in [0.717, 1.165) is 6.42 Å². The number of hydrogen-bond acceptors (Lipinski definition) is 5. The van der Waals surface area contributed by atoms with Crippen LogP contribution in [-0.2, 0) is 16.0 Å². The molecular formula is C12H19N3O4. The summed E-state index contributed by atoms with van der Waals surface area (Å²) in [5.41, 5.74) is 0. The van der Waals surface area contributed by atoms with Gasteiger partial charge in [-0.1, -0.05) is 12.1 Å². The number of carboxylic acids is 1. The number of aryl methyl sites for hydroxylation is 2. The molecule has 0 unspecified atom stereocenters. The van der Waals surface area contributed by atoms with E-state index >= 15 is 0 Å². The predicted molar refractivity (Wildman–Crippen MR) is 66.5 cm³/mol. The van der Waals surface area contributed by atoms with Gasteiger partial charge in [-0.2, -0.15) is 4.98 Å². The maximum Gasteiger partial charge on any atom is 0.323 e. The lowest BCUT2D eigenvalue weighted by Crippen LogP contribution is -2.36. The molecule has 7 heteroatoms. The number of nitrogens with zero attached hydrogens (tertiary/aromatic N) is 3. The predicted octanol–water partition coefficient (Wildman–Crippen LogP) is 1.02. The molecule has 1 aromatic heterocycles. The number of hydrogen-bond donors (Lipinski definition) is 1. The number of carboxylic acid groups (broad SMARTS) is 1. The lowest BCUT2D eigenvalue weighted by Gasteiger charge is -2.19. The van der Waals surface area contributed by atoms with Crippen LogP contribution >= 0.6 is 0 Å². The molecule has 0 saturated carbocycles. The summed E-state index contributed by atoms with van der Waals surface area (Å²) in [6.07, 6.45) is 2.12. The summed E-state index contributed by atoms with van der Waals surface area (Å²) in [5.74, 6) is -0.0693. The first kappa shape index (κ1) is 15.1. The highest BCUT2D eigenvalue weighted by atomic mass is 16.5. The maximum absolute atomic E-state index is 11.9. The number of aliphatic carboxylic acids is 1. The molecule has 0 saturated heterocycles. The van der Waals surface area contributed by atoms with Crippen LogP contribution in [-0.4, -0.2) is 45.1 Å². The van der Waals surface area contributed by atoms with E-state index in [-0.39, 0.29) is 18.9 Å². The molecule has 0 aliphatic carbocycles. The standard InChI is InChI=1S/C12H19N3O4/c1-3-7-15(8-12(17)18)11(16)6-4-5-10-13-9(2)14-19-10/h3-8H2,1-2H3,(H,17,18). The first-order valence-corrected chi connectivity index (χ1v) is 6.31. The van der Waals surface area contributed by atoms with Crippen molar-refractivity contribution in [2.75, 3.05) is 13.1 Å². The third-order valence-corrected chi connectivity index (χ3v) is 2.52. The van der Waals surface area contributed by atoms with E-state index in [2.05, 4.69) is 10.1 Å². The maximum atomic E-state index is 11.9. The zero-order chi connectivity index (χ0) is 14.3. The molecule has 1 amide bonds. The lowest BCUT2D eigenvalue weighted by atomic mass is 10.2. The third-order valence-electron chi connectivity index (χ3n) is 2.52. The second-order valence-electron chi connectivity index (χ2n) is 4.30. The molecule has 7 nitrogen and oxygen atoms in total. The Kier molecular flexibility index (Phi) is 5.98. The van der Waals surface area contributed by atoms with Gasteiger partial charge < -0.3 is 14.5 Å². The SMILES string of the molecule is CCCN(CC(=O)O)C(=O)CCCc1nc(C)no1. The van der Waals surface area contributed by atoms with Crippen molar-refractivity contribution in [3.63, 3.8) is 0 Å². The van der Waals surface area contributed by atoms with E-state index < -0.39 is 5.97 Å². The summed E-state index contributed by atoms with van der Waals surface area (Å²) in [7, 11) is 0. The van der Waals surface area contributed by atoms with Gasteiger partial charge in [-0.05, 0) is 19.8 Å². The fourth-order valence-electron chi connectivity index (χ4n) is 1.72. The van der Waals surface area contributed by atoms with E-state index in [9.17, 15) is 9.59 Å². The first-order chi connectivity index (χ1) is 9.02. The van der Waals surface area contributed by atoms with Gasteiger partial charge in [0, 0.05) is 19.4 Å². The van der Waals surface area contributed by atoms with Crippen molar-refractivity contribution < 1.29 is 19.2 Å². The zero-order valence-electron chi connectivity index (χ0n) is 11.3. The summed E-state index contributed by atoms with van der Waals surface area (Å²) in [4.78, 5) is 27.9. The fraction of sp³-hybridized carbons (Fsp3) is 0.667. The van der Waals surface area contributed by atoms with Crippen LogP contribution in [0.5, 0.6) is 0 Å². The fourth-order valence-corrected chi connectivity index (χ4v) is 1.72. The Morgan fingerprint density at radius 2 is 2.16 bits per heavy atom. The Morgan fingerprint density at radius 1 is 1.42 bits per heavy atom. The van der Waals surface area contributed by atoms with Gasteiger partial charge in [0.05, 0.1) is 0 Å². The summed E-state index contributed by atoms with van der Waals surface area (Å²) < 4.78 is 4.94.